The van der Waals surface area contributed by atoms with E-state index in [0.29, 0.717) is 12.0 Å². The molecule has 0 bridgehead atoms. The molecule has 0 aliphatic heterocycles. The fourth-order valence-electron chi connectivity index (χ4n) is 2.34. The fraction of sp³-hybridized carbons (Fsp3) is 0.118. The van der Waals surface area contributed by atoms with Crippen LogP contribution in [0.4, 0.5) is 5.69 Å². The standard InChI is InChI=1S/C17H16N2O2/c20-10-9-12-5-7-13(8-6-12)19-17(21)15-11-18-16-4-2-1-3-14(15)16/h1-8,11,18,20H,9-10H2,(H,19,21). The summed E-state index contributed by atoms with van der Waals surface area (Å²) in [5, 5.41) is 12.7. The van der Waals surface area contributed by atoms with Crippen LogP contribution in [-0.4, -0.2) is 22.6 Å². The van der Waals surface area contributed by atoms with Crippen molar-refractivity contribution in [2.45, 2.75) is 6.42 Å². The molecule has 0 spiro atoms. The van der Waals surface area contributed by atoms with E-state index in [4.69, 9.17) is 5.11 Å². The number of amides is 1. The largest absolute Gasteiger partial charge is 0.396 e. The average Bonchev–Trinajstić information content (AvgIpc) is 2.93. The minimum absolute atomic E-state index is 0.126. The van der Waals surface area contributed by atoms with Gasteiger partial charge in [0.15, 0.2) is 0 Å². The summed E-state index contributed by atoms with van der Waals surface area (Å²) in [6.45, 7) is 0.126. The van der Waals surface area contributed by atoms with Gasteiger partial charge >= 0.3 is 0 Å². The van der Waals surface area contributed by atoms with Crippen LogP contribution in [0.1, 0.15) is 15.9 Å². The molecule has 4 nitrogen and oxygen atoms in total. The van der Waals surface area contributed by atoms with Crippen molar-refractivity contribution in [2.24, 2.45) is 0 Å². The number of carbonyl (C=O) groups is 1. The summed E-state index contributed by atoms with van der Waals surface area (Å²) in [6.07, 6.45) is 2.34. The molecule has 1 aromatic heterocycles. The van der Waals surface area contributed by atoms with E-state index < -0.39 is 0 Å². The predicted octanol–water partition coefficient (Wildman–Crippen LogP) is 2.96. The van der Waals surface area contributed by atoms with Gasteiger partial charge < -0.3 is 15.4 Å². The number of anilines is 1. The quantitative estimate of drug-likeness (QED) is 0.688. The number of carbonyl (C=O) groups excluding carboxylic acids is 1. The average molecular weight is 280 g/mol. The van der Waals surface area contributed by atoms with Crippen molar-refractivity contribution in [3.8, 4) is 0 Å². The Hall–Kier alpha value is -2.59. The van der Waals surface area contributed by atoms with Crippen molar-refractivity contribution in [2.75, 3.05) is 11.9 Å². The molecule has 106 valence electrons. The molecule has 3 rings (SSSR count). The van der Waals surface area contributed by atoms with E-state index in [1.165, 1.54) is 0 Å². The monoisotopic (exact) mass is 280 g/mol. The zero-order valence-corrected chi connectivity index (χ0v) is 11.5. The third-order valence-corrected chi connectivity index (χ3v) is 3.45. The molecule has 21 heavy (non-hydrogen) atoms. The van der Waals surface area contributed by atoms with E-state index in [0.717, 1.165) is 22.2 Å². The molecule has 0 aliphatic rings. The van der Waals surface area contributed by atoms with Crippen LogP contribution in [0.2, 0.25) is 0 Å². The molecule has 1 heterocycles. The van der Waals surface area contributed by atoms with Crippen LogP contribution in [0, 0.1) is 0 Å². The Morgan fingerprint density at radius 3 is 2.62 bits per heavy atom. The zero-order chi connectivity index (χ0) is 14.7. The van der Waals surface area contributed by atoms with Gasteiger partial charge in [-0.05, 0) is 30.2 Å². The summed E-state index contributed by atoms with van der Waals surface area (Å²) in [4.78, 5) is 15.4. The Morgan fingerprint density at radius 1 is 1.10 bits per heavy atom. The van der Waals surface area contributed by atoms with E-state index in [1.807, 2.05) is 48.5 Å². The van der Waals surface area contributed by atoms with Crippen LogP contribution >= 0.6 is 0 Å². The Morgan fingerprint density at radius 2 is 1.86 bits per heavy atom. The maximum atomic E-state index is 12.3. The number of nitrogens with one attached hydrogen (secondary N) is 2. The van der Waals surface area contributed by atoms with Crippen LogP contribution in [0.5, 0.6) is 0 Å². The van der Waals surface area contributed by atoms with Crippen LogP contribution in [0.3, 0.4) is 0 Å². The third-order valence-electron chi connectivity index (χ3n) is 3.45. The molecule has 2 aromatic carbocycles. The minimum Gasteiger partial charge on any atom is -0.396 e. The molecule has 0 saturated carbocycles. The fourth-order valence-corrected chi connectivity index (χ4v) is 2.34. The SMILES string of the molecule is O=C(Nc1ccc(CCO)cc1)c1c[nH]c2ccccc12. The van der Waals surface area contributed by atoms with Gasteiger partial charge in [0.25, 0.3) is 5.91 Å². The second-order valence-corrected chi connectivity index (χ2v) is 4.87. The molecular formula is C17H16N2O2. The maximum Gasteiger partial charge on any atom is 0.257 e. The Labute approximate surface area is 122 Å². The summed E-state index contributed by atoms with van der Waals surface area (Å²) in [7, 11) is 0. The highest BCUT2D eigenvalue weighted by Gasteiger charge is 2.11. The molecule has 3 N–H and O–H groups in total. The lowest BCUT2D eigenvalue weighted by atomic mass is 10.1. The lowest BCUT2D eigenvalue weighted by molar-refractivity contribution is 0.102. The summed E-state index contributed by atoms with van der Waals surface area (Å²) in [6, 6.07) is 15.2. The van der Waals surface area contributed by atoms with Gasteiger partial charge in [-0.1, -0.05) is 30.3 Å². The molecule has 0 fully saturated rings. The molecule has 0 atom stereocenters. The van der Waals surface area contributed by atoms with Gasteiger partial charge in [-0.15, -0.1) is 0 Å². The van der Waals surface area contributed by atoms with Crippen molar-refractivity contribution in [3.63, 3.8) is 0 Å². The first-order valence-corrected chi connectivity index (χ1v) is 6.85. The van der Waals surface area contributed by atoms with Crippen molar-refractivity contribution >= 4 is 22.5 Å². The number of para-hydroxylation sites is 1. The van der Waals surface area contributed by atoms with Crippen LogP contribution in [0.25, 0.3) is 10.9 Å². The predicted molar refractivity (Wildman–Crippen MR) is 83.5 cm³/mol. The first-order valence-electron chi connectivity index (χ1n) is 6.85. The number of H-pyrrole nitrogens is 1. The second-order valence-electron chi connectivity index (χ2n) is 4.87. The Bertz CT molecular complexity index is 760. The van der Waals surface area contributed by atoms with Gasteiger partial charge in [0.05, 0.1) is 5.56 Å². The van der Waals surface area contributed by atoms with E-state index in [9.17, 15) is 4.79 Å². The lowest BCUT2D eigenvalue weighted by Gasteiger charge is -2.05. The molecule has 4 heteroatoms. The van der Waals surface area contributed by atoms with Crippen LogP contribution < -0.4 is 5.32 Å². The molecule has 0 unspecified atom stereocenters. The number of aromatic amines is 1. The molecule has 0 saturated heterocycles. The molecule has 0 aliphatic carbocycles. The van der Waals surface area contributed by atoms with Crippen LogP contribution in [0.15, 0.2) is 54.7 Å². The van der Waals surface area contributed by atoms with E-state index in [1.54, 1.807) is 6.20 Å². The number of hydrogen-bond acceptors (Lipinski definition) is 2. The Balaban J connectivity index is 1.79. The number of benzene rings is 2. The number of aromatic nitrogens is 1. The normalized spacial score (nSPS) is 10.7. The molecule has 0 radical (unpaired) electrons. The molecule has 1 amide bonds. The van der Waals surface area contributed by atoms with Gasteiger partial charge in [-0.2, -0.15) is 0 Å². The lowest BCUT2D eigenvalue weighted by Crippen LogP contribution is -2.11. The van der Waals surface area contributed by atoms with Gasteiger partial charge in [0.2, 0.25) is 0 Å². The number of hydrogen-bond donors (Lipinski definition) is 3. The topological polar surface area (TPSA) is 65.1 Å². The van der Waals surface area contributed by atoms with Crippen LogP contribution in [-0.2, 0) is 6.42 Å². The minimum atomic E-state index is -0.137. The highest BCUT2D eigenvalue weighted by molar-refractivity contribution is 6.12. The smallest absolute Gasteiger partial charge is 0.257 e. The van der Waals surface area contributed by atoms with E-state index in [2.05, 4.69) is 10.3 Å². The van der Waals surface area contributed by atoms with Crippen molar-refractivity contribution in [3.05, 3.63) is 65.9 Å². The first kappa shape index (κ1) is 13.4. The van der Waals surface area contributed by atoms with Crippen molar-refractivity contribution in [1.29, 1.82) is 0 Å². The zero-order valence-electron chi connectivity index (χ0n) is 11.5. The van der Waals surface area contributed by atoms with Gasteiger partial charge in [-0.25, -0.2) is 0 Å². The van der Waals surface area contributed by atoms with Gasteiger partial charge in [0, 0.05) is 29.4 Å². The van der Waals surface area contributed by atoms with E-state index >= 15 is 0 Å². The first-order chi connectivity index (χ1) is 10.3. The molecular weight excluding hydrogens is 264 g/mol. The number of rotatable bonds is 4. The number of aliphatic hydroxyl groups is 1. The van der Waals surface area contributed by atoms with E-state index in [-0.39, 0.29) is 12.5 Å². The summed E-state index contributed by atoms with van der Waals surface area (Å²) in [5.74, 6) is -0.137. The number of aliphatic hydroxyl groups excluding tert-OH is 1. The summed E-state index contributed by atoms with van der Waals surface area (Å²) in [5.41, 5.74) is 3.36. The highest BCUT2D eigenvalue weighted by Crippen LogP contribution is 2.19. The number of fused-ring (bicyclic) bond motifs is 1. The summed E-state index contributed by atoms with van der Waals surface area (Å²) >= 11 is 0. The maximum absolute atomic E-state index is 12.3. The summed E-state index contributed by atoms with van der Waals surface area (Å²) < 4.78 is 0. The van der Waals surface area contributed by atoms with Crippen molar-refractivity contribution in [1.82, 2.24) is 4.98 Å². The third kappa shape index (κ3) is 2.80. The molecule has 3 aromatic rings. The van der Waals surface area contributed by atoms with Gasteiger partial charge in [0.1, 0.15) is 0 Å². The van der Waals surface area contributed by atoms with Gasteiger partial charge in [-0.3, -0.25) is 4.79 Å². The van der Waals surface area contributed by atoms with Crippen molar-refractivity contribution < 1.29 is 9.90 Å². The highest BCUT2D eigenvalue weighted by atomic mass is 16.2. The second kappa shape index (κ2) is 5.81. The Kier molecular flexibility index (Phi) is 3.71.